The van der Waals surface area contributed by atoms with Crippen molar-refractivity contribution in [2.75, 3.05) is 19.8 Å². The normalized spacial score (nSPS) is 10.2. The van der Waals surface area contributed by atoms with Crippen molar-refractivity contribution in [2.24, 2.45) is 0 Å². The Bertz CT molecular complexity index is 209. The van der Waals surface area contributed by atoms with Crippen LogP contribution in [0.2, 0.25) is 0 Å². The van der Waals surface area contributed by atoms with Crippen LogP contribution in [0.5, 0.6) is 0 Å². The van der Waals surface area contributed by atoms with Gasteiger partial charge in [-0.2, -0.15) is 0 Å². The summed E-state index contributed by atoms with van der Waals surface area (Å²) in [6.45, 7) is 4.77. The highest BCUT2D eigenvalue weighted by atomic mass is 16.5. The summed E-state index contributed by atoms with van der Waals surface area (Å²) in [4.78, 5) is 0. The predicted molar refractivity (Wildman–Crippen MR) is 52.6 cm³/mol. The number of hydrogen-bond acceptors (Lipinski definition) is 2. The summed E-state index contributed by atoms with van der Waals surface area (Å²) >= 11 is 0. The minimum atomic E-state index is 0.669. The minimum absolute atomic E-state index is 0.669. The van der Waals surface area contributed by atoms with Gasteiger partial charge in [0.1, 0.15) is 0 Å². The van der Waals surface area contributed by atoms with E-state index in [2.05, 4.69) is 12.1 Å². The van der Waals surface area contributed by atoms with Gasteiger partial charge in [-0.15, -0.1) is 0 Å². The molecule has 0 aliphatic heterocycles. The number of rotatable bonds is 6. The van der Waals surface area contributed by atoms with Crippen molar-refractivity contribution in [1.29, 1.82) is 0 Å². The third kappa shape index (κ3) is 4.65. The van der Waals surface area contributed by atoms with E-state index >= 15 is 0 Å². The van der Waals surface area contributed by atoms with Crippen LogP contribution < -0.4 is 0 Å². The fourth-order valence-electron chi connectivity index (χ4n) is 1.03. The monoisotopic (exact) mass is 180 g/mol. The van der Waals surface area contributed by atoms with Crippen LogP contribution in [0.3, 0.4) is 0 Å². The second kappa shape index (κ2) is 6.63. The molecule has 2 nitrogen and oxygen atoms in total. The minimum Gasteiger partial charge on any atom is -0.379 e. The van der Waals surface area contributed by atoms with Gasteiger partial charge < -0.3 is 9.47 Å². The van der Waals surface area contributed by atoms with Gasteiger partial charge in [-0.25, -0.2) is 0 Å². The molecule has 72 valence electrons. The summed E-state index contributed by atoms with van der Waals surface area (Å²) in [7, 11) is 0. The maximum atomic E-state index is 5.40. The van der Waals surface area contributed by atoms with Crippen molar-refractivity contribution in [1.82, 2.24) is 0 Å². The molecule has 0 amide bonds. The van der Waals surface area contributed by atoms with E-state index in [1.165, 1.54) is 5.56 Å². The topological polar surface area (TPSA) is 18.5 Å². The van der Waals surface area contributed by atoms with E-state index in [9.17, 15) is 0 Å². The average molecular weight is 180 g/mol. The lowest BCUT2D eigenvalue weighted by Crippen LogP contribution is -2.03. The third-order valence-corrected chi connectivity index (χ3v) is 1.69. The van der Waals surface area contributed by atoms with Gasteiger partial charge in [0.2, 0.25) is 0 Å². The summed E-state index contributed by atoms with van der Waals surface area (Å²) in [5.41, 5.74) is 1.21. The number of benzene rings is 1. The van der Waals surface area contributed by atoms with Gasteiger partial charge in [-0.3, -0.25) is 0 Å². The molecule has 0 aliphatic carbocycles. The molecule has 13 heavy (non-hydrogen) atoms. The fraction of sp³-hybridized carbons (Fsp3) is 0.455. The van der Waals surface area contributed by atoms with Crippen LogP contribution in [0.15, 0.2) is 30.3 Å². The van der Waals surface area contributed by atoms with Crippen molar-refractivity contribution in [3.63, 3.8) is 0 Å². The van der Waals surface area contributed by atoms with Gasteiger partial charge in [0.25, 0.3) is 0 Å². The first-order chi connectivity index (χ1) is 6.43. The first-order valence-electron chi connectivity index (χ1n) is 4.63. The Kier molecular flexibility index (Phi) is 5.22. The van der Waals surface area contributed by atoms with Crippen LogP contribution in [0, 0.1) is 0 Å². The molecule has 1 aromatic rings. The second-order valence-corrected chi connectivity index (χ2v) is 2.74. The molecule has 0 fully saturated rings. The van der Waals surface area contributed by atoms with Crippen LogP contribution in [0.4, 0.5) is 0 Å². The highest BCUT2D eigenvalue weighted by molar-refractivity contribution is 5.13. The smallest absolute Gasteiger partial charge is 0.0718 e. The SMILES string of the molecule is CCOCCOCc1ccccc1. The van der Waals surface area contributed by atoms with Gasteiger partial charge in [-0.05, 0) is 12.5 Å². The zero-order valence-electron chi connectivity index (χ0n) is 8.03. The van der Waals surface area contributed by atoms with Gasteiger partial charge in [-0.1, -0.05) is 30.3 Å². The maximum absolute atomic E-state index is 5.40. The van der Waals surface area contributed by atoms with Crippen molar-refractivity contribution in [3.05, 3.63) is 35.9 Å². The Morgan fingerprint density at radius 1 is 1.00 bits per heavy atom. The number of ether oxygens (including phenoxy) is 2. The fourth-order valence-corrected chi connectivity index (χ4v) is 1.03. The summed E-state index contributed by atoms with van der Waals surface area (Å²) < 4.78 is 10.5. The van der Waals surface area contributed by atoms with E-state index in [0.29, 0.717) is 19.8 Å². The Labute approximate surface area is 79.5 Å². The molecule has 1 aromatic carbocycles. The van der Waals surface area contributed by atoms with E-state index in [1.54, 1.807) is 0 Å². The van der Waals surface area contributed by atoms with Crippen LogP contribution in [-0.4, -0.2) is 19.8 Å². The Morgan fingerprint density at radius 2 is 1.69 bits per heavy atom. The van der Waals surface area contributed by atoms with Gasteiger partial charge in [0.05, 0.1) is 19.8 Å². The zero-order valence-corrected chi connectivity index (χ0v) is 8.03. The highest BCUT2D eigenvalue weighted by Gasteiger charge is 1.90. The Hall–Kier alpha value is -0.860. The quantitative estimate of drug-likeness (QED) is 0.625. The number of hydrogen-bond donors (Lipinski definition) is 0. The standard InChI is InChI=1S/C11H16O2/c1-2-12-8-9-13-10-11-6-4-3-5-7-11/h3-7H,2,8-10H2,1H3. The van der Waals surface area contributed by atoms with Crippen molar-refractivity contribution >= 4 is 0 Å². The van der Waals surface area contributed by atoms with Crippen molar-refractivity contribution in [2.45, 2.75) is 13.5 Å². The van der Waals surface area contributed by atoms with E-state index < -0.39 is 0 Å². The zero-order chi connectivity index (χ0) is 9.36. The molecule has 0 radical (unpaired) electrons. The maximum Gasteiger partial charge on any atom is 0.0718 e. The van der Waals surface area contributed by atoms with E-state index in [0.717, 1.165) is 6.61 Å². The summed E-state index contributed by atoms with van der Waals surface area (Å²) in [6, 6.07) is 10.1. The first-order valence-corrected chi connectivity index (χ1v) is 4.63. The molecular formula is C11H16O2. The summed E-state index contributed by atoms with van der Waals surface area (Å²) in [6.07, 6.45) is 0. The molecule has 2 heteroatoms. The lowest BCUT2D eigenvalue weighted by molar-refractivity contribution is 0.0453. The molecule has 0 N–H and O–H groups in total. The molecule has 0 spiro atoms. The average Bonchev–Trinajstić information content (AvgIpc) is 2.19. The molecule has 0 saturated heterocycles. The largest absolute Gasteiger partial charge is 0.379 e. The predicted octanol–water partition coefficient (Wildman–Crippen LogP) is 2.24. The van der Waals surface area contributed by atoms with Crippen LogP contribution in [0.1, 0.15) is 12.5 Å². The Morgan fingerprint density at radius 3 is 2.38 bits per heavy atom. The molecule has 0 aromatic heterocycles. The molecule has 0 heterocycles. The summed E-state index contributed by atoms with van der Waals surface area (Å²) in [5, 5.41) is 0. The molecule has 0 bridgehead atoms. The molecule has 0 saturated carbocycles. The van der Waals surface area contributed by atoms with Gasteiger partial charge >= 0.3 is 0 Å². The third-order valence-electron chi connectivity index (χ3n) is 1.69. The van der Waals surface area contributed by atoms with E-state index in [4.69, 9.17) is 9.47 Å². The Balaban J connectivity index is 2.07. The van der Waals surface area contributed by atoms with E-state index in [1.807, 2.05) is 25.1 Å². The molecule has 0 atom stereocenters. The van der Waals surface area contributed by atoms with Crippen molar-refractivity contribution in [3.8, 4) is 0 Å². The molecule has 0 aliphatic rings. The molecule has 1 rings (SSSR count). The van der Waals surface area contributed by atoms with Gasteiger partial charge in [0.15, 0.2) is 0 Å². The van der Waals surface area contributed by atoms with Crippen LogP contribution >= 0.6 is 0 Å². The second-order valence-electron chi connectivity index (χ2n) is 2.74. The first kappa shape index (κ1) is 10.2. The van der Waals surface area contributed by atoms with Crippen LogP contribution in [-0.2, 0) is 16.1 Å². The lowest BCUT2D eigenvalue weighted by Gasteiger charge is -2.03. The molecule has 0 unspecified atom stereocenters. The molecular weight excluding hydrogens is 164 g/mol. The van der Waals surface area contributed by atoms with Crippen LogP contribution in [0.25, 0.3) is 0 Å². The van der Waals surface area contributed by atoms with Gasteiger partial charge in [0, 0.05) is 6.61 Å². The lowest BCUT2D eigenvalue weighted by atomic mass is 10.2. The van der Waals surface area contributed by atoms with E-state index in [-0.39, 0.29) is 0 Å². The van der Waals surface area contributed by atoms with Crippen molar-refractivity contribution < 1.29 is 9.47 Å². The highest BCUT2D eigenvalue weighted by Crippen LogP contribution is 1.99. The summed E-state index contributed by atoms with van der Waals surface area (Å²) in [5.74, 6) is 0.